The first kappa shape index (κ1) is 15.9. The van der Waals surface area contributed by atoms with Gasteiger partial charge in [0, 0.05) is 17.1 Å². The van der Waals surface area contributed by atoms with Crippen LogP contribution in [-0.4, -0.2) is 6.54 Å². The van der Waals surface area contributed by atoms with Crippen molar-refractivity contribution in [3.63, 3.8) is 0 Å². The van der Waals surface area contributed by atoms with Crippen LogP contribution in [-0.2, 0) is 6.54 Å². The third-order valence-corrected chi connectivity index (χ3v) is 3.45. The van der Waals surface area contributed by atoms with E-state index in [1.165, 1.54) is 0 Å². The van der Waals surface area contributed by atoms with Crippen molar-refractivity contribution in [2.75, 3.05) is 6.54 Å². The molecular formula is C18H22ClNO. The van der Waals surface area contributed by atoms with Gasteiger partial charge in [-0.1, -0.05) is 49.7 Å². The lowest BCUT2D eigenvalue weighted by Crippen LogP contribution is -2.19. The van der Waals surface area contributed by atoms with Crippen LogP contribution in [0.4, 0.5) is 0 Å². The molecule has 0 spiro atoms. The van der Waals surface area contributed by atoms with Crippen LogP contribution >= 0.6 is 11.6 Å². The van der Waals surface area contributed by atoms with Crippen molar-refractivity contribution in [2.24, 2.45) is 5.92 Å². The zero-order valence-corrected chi connectivity index (χ0v) is 13.6. The van der Waals surface area contributed by atoms with E-state index < -0.39 is 0 Å². The van der Waals surface area contributed by atoms with Crippen molar-refractivity contribution in [3.8, 4) is 11.5 Å². The first-order valence-corrected chi connectivity index (χ1v) is 7.66. The lowest BCUT2D eigenvalue weighted by molar-refractivity contribution is 0.466. The van der Waals surface area contributed by atoms with Crippen LogP contribution in [0.25, 0.3) is 0 Å². The maximum absolute atomic E-state index is 6.05. The maximum Gasteiger partial charge on any atom is 0.131 e. The summed E-state index contributed by atoms with van der Waals surface area (Å²) in [6.07, 6.45) is 0. The van der Waals surface area contributed by atoms with Crippen molar-refractivity contribution in [1.82, 2.24) is 5.32 Å². The molecule has 0 aromatic heterocycles. The highest BCUT2D eigenvalue weighted by Crippen LogP contribution is 2.30. The topological polar surface area (TPSA) is 21.3 Å². The fourth-order valence-corrected chi connectivity index (χ4v) is 2.21. The SMILES string of the molecule is Cc1ccc(Cl)cc1Oc1ccccc1CNCC(C)C. The molecule has 3 heteroatoms. The Morgan fingerprint density at radius 3 is 2.62 bits per heavy atom. The van der Waals surface area contributed by atoms with E-state index in [0.717, 1.165) is 35.7 Å². The summed E-state index contributed by atoms with van der Waals surface area (Å²) >= 11 is 6.05. The van der Waals surface area contributed by atoms with Gasteiger partial charge in [-0.15, -0.1) is 0 Å². The minimum absolute atomic E-state index is 0.633. The fourth-order valence-electron chi connectivity index (χ4n) is 2.05. The first-order chi connectivity index (χ1) is 10.1. The van der Waals surface area contributed by atoms with Crippen molar-refractivity contribution >= 4 is 11.6 Å². The molecule has 0 saturated heterocycles. The van der Waals surface area contributed by atoms with Gasteiger partial charge in [0.2, 0.25) is 0 Å². The van der Waals surface area contributed by atoms with E-state index in [1.54, 1.807) is 0 Å². The van der Waals surface area contributed by atoms with Gasteiger partial charge >= 0.3 is 0 Å². The number of para-hydroxylation sites is 1. The van der Waals surface area contributed by atoms with Crippen LogP contribution in [0.1, 0.15) is 25.0 Å². The molecule has 0 aliphatic carbocycles. The molecule has 0 aliphatic rings. The van der Waals surface area contributed by atoms with E-state index in [4.69, 9.17) is 16.3 Å². The Morgan fingerprint density at radius 2 is 1.86 bits per heavy atom. The summed E-state index contributed by atoms with van der Waals surface area (Å²) in [4.78, 5) is 0. The summed E-state index contributed by atoms with van der Waals surface area (Å²) in [6, 6.07) is 13.8. The second-order valence-corrected chi connectivity index (χ2v) is 6.08. The molecule has 1 N–H and O–H groups in total. The first-order valence-electron chi connectivity index (χ1n) is 7.29. The molecule has 0 saturated carbocycles. The molecule has 0 atom stereocenters. The molecular weight excluding hydrogens is 282 g/mol. The summed E-state index contributed by atoms with van der Waals surface area (Å²) in [5.41, 5.74) is 2.22. The van der Waals surface area contributed by atoms with E-state index in [-0.39, 0.29) is 0 Å². The third-order valence-electron chi connectivity index (χ3n) is 3.21. The van der Waals surface area contributed by atoms with Crippen LogP contribution in [0.3, 0.4) is 0 Å². The van der Waals surface area contributed by atoms with Gasteiger partial charge in [0.15, 0.2) is 0 Å². The zero-order valence-electron chi connectivity index (χ0n) is 12.8. The van der Waals surface area contributed by atoms with Gasteiger partial charge in [-0.05, 0) is 43.1 Å². The standard InChI is InChI=1S/C18H22ClNO/c1-13(2)11-20-12-15-6-4-5-7-17(15)21-18-10-16(19)9-8-14(18)3/h4-10,13,20H,11-12H2,1-3H3. The van der Waals surface area contributed by atoms with Crippen LogP contribution in [0.15, 0.2) is 42.5 Å². The minimum Gasteiger partial charge on any atom is -0.457 e. The Balaban J connectivity index is 2.14. The Bertz CT molecular complexity index is 596. The van der Waals surface area contributed by atoms with Crippen LogP contribution in [0.2, 0.25) is 5.02 Å². The highest BCUT2D eigenvalue weighted by Gasteiger charge is 2.07. The smallest absolute Gasteiger partial charge is 0.131 e. The second kappa shape index (κ2) is 7.48. The monoisotopic (exact) mass is 303 g/mol. The highest BCUT2D eigenvalue weighted by atomic mass is 35.5. The summed E-state index contributed by atoms with van der Waals surface area (Å²) in [6.45, 7) is 8.21. The van der Waals surface area contributed by atoms with E-state index in [2.05, 4.69) is 25.2 Å². The number of hydrogen-bond donors (Lipinski definition) is 1. The molecule has 2 aromatic rings. The Labute approximate surface area is 132 Å². The van der Waals surface area contributed by atoms with Gasteiger partial charge in [-0.25, -0.2) is 0 Å². The Kier molecular flexibility index (Phi) is 5.66. The second-order valence-electron chi connectivity index (χ2n) is 5.64. The highest BCUT2D eigenvalue weighted by molar-refractivity contribution is 6.30. The summed E-state index contributed by atoms with van der Waals surface area (Å²) < 4.78 is 6.05. The molecule has 0 unspecified atom stereocenters. The predicted molar refractivity (Wildman–Crippen MR) is 89.2 cm³/mol. The number of rotatable bonds is 6. The number of hydrogen-bond acceptors (Lipinski definition) is 2. The van der Waals surface area contributed by atoms with E-state index >= 15 is 0 Å². The van der Waals surface area contributed by atoms with E-state index in [9.17, 15) is 0 Å². The third kappa shape index (κ3) is 4.76. The van der Waals surface area contributed by atoms with Crippen molar-refractivity contribution in [2.45, 2.75) is 27.3 Å². The van der Waals surface area contributed by atoms with E-state index in [1.807, 2.05) is 43.3 Å². The lowest BCUT2D eigenvalue weighted by atomic mass is 10.1. The van der Waals surface area contributed by atoms with Gasteiger partial charge in [0.25, 0.3) is 0 Å². The molecule has 21 heavy (non-hydrogen) atoms. The van der Waals surface area contributed by atoms with Gasteiger partial charge in [-0.2, -0.15) is 0 Å². The molecule has 2 nitrogen and oxygen atoms in total. The molecule has 0 radical (unpaired) electrons. The molecule has 0 amide bonds. The number of halogens is 1. The maximum atomic E-state index is 6.05. The molecule has 2 aromatic carbocycles. The van der Waals surface area contributed by atoms with Crippen LogP contribution in [0, 0.1) is 12.8 Å². The normalized spacial score (nSPS) is 10.9. The Morgan fingerprint density at radius 1 is 1.10 bits per heavy atom. The lowest BCUT2D eigenvalue weighted by Gasteiger charge is -2.14. The van der Waals surface area contributed by atoms with Gasteiger partial charge in [0.05, 0.1) is 0 Å². The van der Waals surface area contributed by atoms with E-state index in [0.29, 0.717) is 10.9 Å². The summed E-state index contributed by atoms with van der Waals surface area (Å²) in [5, 5.41) is 4.13. The number of benzene rings is 2. The van der Waals surface area contributed by atoms with Crippen molar-refractivity contribution in [3.05, 3.63) is 58.6 Å². The molecule has 2 rings (SSSR count). The quantitative estimate of drug-likeness (QED) is 0.793. The van der Waals surface area contributed by atoms with Crippen LogP contribution < -0.4 is 10.1 Å². The average Bonchev–Trinajstić information content (AvgIpc) is 2.44. The number of nitrogens with one attached hydrogen (secondary N) is 1. The molecule has 112 valence electrons. The predicted octanol–water partition coefficient (Wildman–Crippen LogP) is 5.19. The van der Waals surface area contributed by atoms with Crippen molar-refractivity contribution in [1.29, 1.82) is 0 Å². The summed E-state index contributed by atoms with van der Waals surface area (Å²) in [7, 11) is 0. The summed E-state index contributed by atoms with van der Waals surface area (Å²) in [5.74, 6) is 2.31. The van der Waals surface area contributed by atoms with Gasteiger partial charge in [-0.3, -0.25) is 0 Å². The zero-order chi connectivity index (χ0) is 15.2. The minimum atomic E-state index is 0.633. The van der Waals surface area contributed by atoms with Crippen LogP contribution in [0.5, 0.6) is 11.5 Å². The molecule has 0 bridgehead atoms. The van der Waals surface area contributed by atoms with Crippen molar-refractivity contribution < 1.29 is 4.74 Å². The largest absolute Gasteiger partial charge is 0.457 e. The average molecular weight is 304 g/mol. The molecule has 0 fully saturated rings. The number of ether oxygens (including phenoxy) is 1. The Hall–Kier alpha value is -1.51. The fraction of sp³-hybridized carbons (Fsp3) is 0.333. The molecule has 0 aliphatic heterocycles. The van der Waals surface area contributed by atoms with Gasteiger partial charge < -0.3 is 10.1 Å². The number of aryl methyl sites for hydroxylation is 1. The van der Waals surface area contributed by atoms with Gasteiger partial charge in [0.1, 0.15) is 11.5 Å². The molecule has 0 heterocycles.